The number of aryl methyl sites for hydroxylation is 2. The van der Waals surface area contributed by atoms with Crippen LogP contribution in [-0.4, -0.2) is 82.0 Å². The number of thioether (sulfide) groups is 1. The van der Waals surface area contributed by atoms with Crippen molar-refractivity contribution in [2.75, 3.05) is 38.2 Å². The Balaban J connectivity index is 1.82. The van der Waals surface area contributed by atoms with E-state index in [-0.39, 0.29) is 42.0 Å². The van der Waals surface area contributed by atoms with Gasteiger partial charge in [0.05, 0.1) is 23.2 Å². The molecule has 1 N–H and O–H groups in total. The van der Waals surface area contributed by atoms with Crippen molar-refractivity contribution in [3.63, 3.8) is 0 Å². The van der Waals surface area contributed by atoms with Gasteiger partial charge in [-0.15, -0.1) is 24.9 Å². The maximum absolute atomic E-state index is 14.5. The normalized spacial score (nSPS) is 30.3. The Bertz CT molecular complexity index is 1090. The Labute approximate surface area is 218 Å². The second kappa shape index (κ2) is 10.1. The van der Waals surface area contributed by atoms with E-state index in [4.69, 9.17) is 0 Å². The summed E-state index contributed by atoms with van der Waals surface area (Å²) < 4.78 is -0.722. The number of likely N-dealkylation sites (tertiary alicyclic amines) is 1. The van der Waals surface area contributed by atoms with E-state index in [2.05, 4.69) is 20.1 Å². The number of aliphatic hydroxyl groups excluding tert-OH is 1. The molecule has 3 heterocycles. The van der Waals surface area contributed by atoms with Gasteiger partial charge in [0.2, 0.25) is 11.8 Å². The molecule has 3 aliphatic rings. The predicted molar refractivity (Wildman–Crippen MR) is 144 cm³/mol. The monoisotopic (exact) mass is 511 g/mol. The van der Waals surface area contributed by atoms with Crippen LogP contribution in [0.1, 0.15) is 24.5 Å². The number of likely N-dealkylation sites (N-methyl/N-ethyl adjacent to an activating group) is 1. The molecule has 3 aliphatic heterocycles. The van der Waals surface area contributed by atoms with Gasteiger partial charge in [0.15, 0.2) is 0 Å². The van der Waals surface area contributed by atoms with E-state index in [1.165, 1.54) is 0 Å². The highest BCUT2D eigenvalue weighted by molar-refractivity contribution is 8.02. The standard InChI is InChI=1S/C28H37N3O4S/c1-7-11-29(6)25(33)22-21-16-19(5)28(36-21)23(22)26(34)31(13-14-32)24(28)27(35)30(12-8-2)20-15-17(3)9-10-18(20)4/h7-10,15,19,21-24,32H,1-2,11-14,16H2,3-6H3/t19?,21-,22+,23-,24?,28?/m0/s1. The molecule has 6 atom stereocenters. The maximum atomic E-state index is 14.5. The first-order chi connectivity index (χ1) is 17.1. The summed E-state index contributed by atoms with van der Waals surface area (Å²) in [5, 5.41) is 9.87. The maximum Gasteiger partial charge on any atom is 0.251 e. The fourth-order valence-corrected chi connectivity index (χ4v) is 8.97. The van der Waals surface area contributed by atoms with Crippen molar-refractivity contribution in [2.45, 2.75) is 43.2 Å². The van der Waals surface area contributed by atoms with Crippen LogP contribution in [0.5, 0.6) is 0 Å². The molecule has 0 aliphatic carbocycles. The van der Waals surface area contributed by atoms with Crippen LogP contribution in [0.2, 0.25) is 0 Å². The van der Waals surface area contributed by atoms with Gasteiger partial charge in [-0.2, -0.15) is 0 Å². The highest BCUT2D eigenvalue weighted by Crippen LogP contribution is 2.68. The van der Waals surface area contributed by atoms with Crippen LogP contribution in [0, 0.1) is 31.6 Å². The summed E-state index contributed by atoms with van der Waals surface area (Å²) in [6.45, 7) is 14.2. The minimum absolute atomic E-state index is 0.0196. The van der Waals surface area contributed by atoms with E-state index >= 15 is 0 Å². The van der Waals surface area contributed by atoms with E-state index in [0.29, 0.717) is 13.1 Å². The van der Waals surface area contributed by atoms with E-state index in [1.807, 2.05) is 32.0 Å². The fraction of sp³-hybridized carbons (Fsp3) is 0.536. The number of carbonyl (C=O) groups is 3. The number of anilines is 1. The molecule has 1 aromatic carbocycles. The van der Waals surface area contributed by atoms with Gasteiger partial charge < -0.3 is 19.8 Å². The summed E-state index contributed by atoms with van der Waals surface area (Å²) in [5.41, 5.74) is 2.78. The zero-order valence-corrected chi connectivity index (χ0v) is 22.5. The molecule has 0 radical (unpaired) electrons. The Morgan fingerprint density at radius 1 is 1.22 bits per heavy atom. The lowest BCUT2D eigenvalue weighted by molar-refractivity contribution is -0.143. The molecule has 3 saturated heterocycles. The lowest BCUT2D eigenvalue weighted by atomic mass is 9.65. The molecule has 1 aromatic rings. The molecule has 194 valence electrons. The number of aliphatic hydroxyl groups is 1. The lowest BCUT2D eigenvalue weighted by Gasteiger charge is -2.41. The lowest BCUT2D eigenvalue weighted by Crippen LogP contribution is -2.58. The van der Waals surface area contributed by atoms with E-state index in [0.717, 1.165) is 23.2 Å². The smallest absolute Gasteiger partial charge is 0.251 e. The molecule has 1 spiro atoms. The average Bonchev–Trinajstić information content (AvgIpc) is 3.43. The van der Waals surface area contributed by atoms with Crippen molar-refractivity contribution >= 4 is 35.2 Å². The summed E-state index contributed by atoms with van der Waals surface area (Å²) >= 11 is 1.65. The van der Waals surface area contributed by atoms with Crippen molar-refractivity contribution in [2.24, 2.45) is 17.8 Å². The largest absolute Gasteiger partial charge is 0.395 e. The molecule has 3 fully saturated rings. The topological polar surface area (TPSA) is 81.2 Å². The fourth-order valence-electron chi connectivity index (χ4n) is 6.56. The van der Waals surface area contributed by atoms with Gasteiger partial charge in [-0.1, -0.05) is 31.2 Å². The molecule has 36 heavy (non-hydrogen) atoms. The third-order valence-electron chi connectivity index (χ3n) is 8.12. The molecule has 7 nitrogen and oxygen atoms in total. The summed E-state index contributed by atoms with van der Waals surface area (Å²) in [4.78, 5) is 46.9. The highest BCUT2D eigenvalue weighted by atomic mass is 32.2. The van der Waals surface area contributed by atoms with E-state index in [1.54, 1.807) is 45.7 Å². The van der Waals surface area contributed by atoms with Crippen LogP contribution in [0.4, 0.5) is 5.69 Å². The molecule has 3 unspecified atom stereocenters. The summed E-state index contributed by atoms with van der Waals surface area (Å²) in [6, 6.07) is 5.21. The molecular weight excluding hydrogens is 474 g/mol. The summed E-state index contributed by atoms with van der Waals surface area (Å²) in [6.07, 6.45) is 4.14. The van der Waals surface area contributed by atoms with Gasteiger partial charge in [0.25, 0.3) is 5.91 Å². The Morgan fingerprint density at radius 2 is 1.92 bits per heavy atom. The zero-order valence-electron chi connectivity index (χ0n) is 21.6. The summed E-state index contributed by atoms with van der Waals surface area (Å²) in [7, 11) is 1.73. The molecule has 0 saturated carbocycles. The number of hydrogen-bond donors (Lipinski definition) is 1. The van der Waals surface area contributed by atoms with Crippen molar-refractivity contribution in [3.05, 3.63) is 54.6 Å². The first-order valence-electron chi connectivity index (χ1n) is 12.6. The zero-order chi connectivity index (χ0) is 26.4. The van der Waals surface area contributed by atoms with Crippen molar-refractivity contribution in [3.8, 4) is 0 Å². The quantitative estimate of drug-likeness (QED) is 0.516. The third kappa shape index (κ3) is 3.89. The first kappa shape index (κ1) is 26.5. The van der Waals surface area contributed by atoms with Gasteiger partial charge >= 0.3 is 0 Å². The van der Waals surface area contributed by atoms with Gasteiger partial charge in [-0.05, 0) is 43.4 Å². The Kier molecular flexibility index (Phi) is 7.40. The predicted octanol–water partition coefficient (Wildman–Crippen LogP) is 2.80. The van der Waals surface area contributed by atoms with Crippen LogP contribution in [0.15, 0.2) is 43.5 Å². The molecular formula is C28H37N3O4S. The van der Waals surface area contributed by atoms with Gasteiger partial charge in [0.1, 0.15) is 6.04 Å². The average molecular weight is 512 g/mol. The van der Waals surface area contributed by atoms with E-state index in [9.17, 15) is 19.5 Å². The third-order valence-corrected chi connectivity index (χ3v) is 10.2. The molecule has 0 aromatic heterocycles. The highest BCUT2D eigenvalue weighted by Gasteiger charge is 2.76. The van der Waals surface area contributed by atoms with E-state index < -0.39 is 22.6 Å². The first-order valence-corrected chi connectivity index (χ1v) is 13.5. The molecule has 3 amide bonds. The number of benzene rings is 1. The van der Waals surface area contributed by atoms with Crippen LogP contribution in [0.25, 0.3) is 0 Å². The number of amides is 3. The molecule has 4 rings (SSSR count). The van der Waals surface area contributed by atoms with Gasteiger partial charge in [-0.25, -0.2) is 0 Å². The van der Waals surface area contributed by atoms with Crippen molar-refractivity contribution in [1.29, 1.82) is 0 Å². The van der Waals surface area contributed by atoms with Crippen molar-refractivity contribution in [1.82, 2.24) is 9.80 Å². The number of nitrogens with zero attached hydrogens (tertiary/aromatic N) is 3. The number of rotatable bonds is 9. The number of carbonyl (C=O) groups excluding carboxylic acids is 3. The number of β-amino-alcohol motifs (C(OH)–C–C–N with tert-alkyl or cyclic N) is 1. The second-order valence-electron chi connectivity index (χ2n) is 10.3. The number of hydrogen-bond acceptors (Lipinski definition) is 5. The van der Waals surface area contributed by atoms with Crippen LogP contribution in [0.3, 0.4) is 0 Å². The minimum atomic E-state index is -0.769. The second-order valence-corrected chi connectivity index (χ2v) is 11.9. The SMILES string of the molecule is C=CCN(C)C(=O)[C@@H]1[C@@H]2CC(C)C3(S2)C(C(=O)N(CC=C)c2cc(C)ccc2C)N(CCO)C(=O)[C@H]13. The minimum Gasteiger partial charge on any atom is -0.395 e. The van der Waals surface area contributed by atoms with Crippen LogP contribution in [-0.2, 0) is 14.4 Å². The Morgan fingerprint density at radius 3 is 2.56 bits per heavy atom. The molecule has 2 bridgehead atoms. The van der Waals surface area contributed by atoms with Crippen molar-refractivity contribution < 1.29 is 19.5 Å². The van der Waals surface area contributed by atoms with Gasteiger partial charge in [0, 0.05) is 37.6 Å². The molecule has 8 heteroatoms. The van der Waals surface area contributed by atoms with Crippen LogP contribution >= 0.6 is 11.8 Å². The summed E-state index contributed by atoms with van der Waals surface area (Å²) in [5.74, 6) is -1.47. The Hall–Kier alpha value is -2.58. The number of fused-ring (bicyclic) bond motifs is 1. The van der Waals surface area contributed by atoms with Crippen LogP contribution < -0.4 is 4.90 Å². The van der Waals surface area contributed by atoms with Gasteiger partial charge in [-0.3, -0.25) is 14.4 Å².